The largest absolute Gasteiger partial charge is 0.456 e. The minimum atomic E-state index is -0.565. The molecule has 0 unspecified atom stereocenters. The summed E-state index contributed by atoms with van der Waals surface area (Å²) in [6.07, 6.45) is 0. The number of hydrogen-bond acceptors (Lipinski definition) is 3. The highest BCUT2D eigenvalue weighted by molar-refractivity contribution is 6.32. The van der Waals surface area contributed by atoms with E-state index in [4.69, 9.17) is 12.6 Å². The molecule has 1 heterocycles. The van der Waals surface area contributed by atoms with Gasteiger partial charge in [0.1, 0.15) is 13.4 Å². The van der Waals surface area contributed by atoms with E-state index in [0.717, 1.165) is 44.4 Å². The van der Waals surface area contributed by atoms with Crippen molar-refractivity contribution in [2.75, 3.05) is 0 Å². The van der Waals surface area contributed by atoms with Gasteiger partial charge in [0.15, 0.2) is 0 Å². The number of ether oxygens (including phenoxy) is 1. The Bertz CT molecular complexity index is 1800. The maximum Gasteiger partial charge on any atom is 0.339 e. The van der Waals surface area contributed by atoms with E-state index in [9.17, 15) is 9.59 Å². The van der Waals surface area contributed by atoms with Gasteiger partial charge in [0.2, 0.25) is 0 Å². The van der Waals surface area contributed by atoms with E-state index >= 15 is 0 Å². The standard InChI is InChI=1S/C37H37BN2O3/c1-23-25(3)40(34-20-17-29(21-33(23)34)35(41)39-24(2)27-15-18-30(38)19-16-27)22-26-11-13-28(14-12-26)31-9-7-8-10-32(31)36(42)43-37(4,5)6/h7-21,24H,22H2,1-6H3,(H,39,41)/t24-/m1/s1. The zero-order valence-corrected chi connectivity index (χ0v) is 25.7. The zero-order chi connectivity index (χ0) is 30.9. The average Bonchev–Trinajstić information content (AvgIpc) is 3.21. The number of esters is 1. The first-order chi connectivity index (χ1) is 20.4. The SMILES string of the molecule is [B]c1ccc([C@@H](C)NC(=O)c2ccc3c(c2)c(C)c(C)n3Cc2ccc(-c3ccccc3C(=O)OC(C)(C)C)cc2)cc1. The fourth-order valence-electron chi connectivity index (χ4n) is 5.36. The summed E-state index contributed by atoms with van der Waals surface area (Å²) in [6.45, 7) is 12.5. The van der Waals surface area contributed by atoms with Gasteiger partial charge in [-0.05, 0) is 93.6 Å². The minimum absolute atomic E-state index is 0.113. The number of aromatic nitrogens is 1. The molecule has 1 amide bonds. The summed E-state index contributed by atoms with van der Waals surface area (Å²) in [5, 5.41) is 4.17. The van der Waals surface area contributed by atoms with Gasteiger partial charge in [0.05, 0.1) is 11.6 Å². The van der Waals surface area contributed by atoms with Crippen LogP contribution in [-0.4, -0.2) is 29.9 Å². The Morgan fingerprint density at radius 2 is 1.58 bits per heavy atom. The zero-order valence-electron chi connectivity index (χ0n) is 25.7. The Morgan fingerprint density at radius 1 is 0.907 bits per heavy atom. The van der Waals surface area contributed by atoms with Gasteiger partial charge in [0, 0.05) is 28.7 Å². The molecule has 5 aromatic rings. The van der Waals surface area contributed by atoms with Crippen LogP contribution in [0.25, 0.3) is 22.0 Å². The number of fused-ring (bicyclic) bond motifs is 1. The van der Waals surface area contributed by atoms with E-state index < -0.39 is 5.60 Å². The second-order valence-corrected chi connectivity index (χ2v) is 12.1. The molecule has 0 aliphatic carbocycles. The molecule has 5 rings (SSSR count). The molecule has 5 nitrogen and oxygen atoms in total. The van der Waals surface area contributed by atoms with Gasteiger partial charge in [0.25, 0.3) is 5.91 Å². The maximum atomic E-state index is 13.1. The second-order valence-electron chi connectivity index (χ2n) is 12.1. The van der Waals surface area contributed by atoms with Crippen molar-refractivity contribution in [3.8, 4) is 11.1 Å². The van der Waals surface area contributed by atoms with Crippen molar-refractivity contribution in [3.05, 3.63) is 125 Å². The first-order valence-electron chi connectivity index (χ1n) is 14.6. The molecule has 0 spiro atoms. The number of rotatable bonds is 7. The van der Waals surface area contributed by atoms with Crippen molar-refractivity contribution in [2.24, 2.45) is 0 Å². The first kappa shape index (κ1) is 29.9. The summed E-state index contributed by atoms with van der Waals surface area (Å²) >= 11 is 0. The number of nitrogens with zero attached hydrogens (tertiary/aromatic N) is 1. The lowest BCUT2D eigenvalue weighted by Gasteiger charge is -2.20. The summed E-state index contributed by atoms with van der Waals surface area (Å²) < 4.78 is 7.92. The van der Waals surface area contributed by atoms with Crippen molar-refractivity contribution in [1.82, 2.24) is 9.88 Å². The van der Waals surface area contributed by atoms with Gasteiger partial charge in [-0.3, -0.25) is 4.79 Å². The van der Waals surface area contributed by atoms with Gasteiger partial charge in [-0.1, -0.05) is 72.2 Å². The Balaban J connectivity index is 1.36. The fourth-order valence-corrected chi connectivity index (χ4v) is 5.36. The van der Waals surface area contributed by atoms with Gasteiger partial charge < -0.3 is 14.6 Å². The average molecular weight is 569 g/mol. The summed E-state index contributed by atoms with van der Waals surface area (Å²) in [4.78, 5) is 26.0. The Kier molecular flexibility index (Phi) is 8.32. The molecular formula is C37H37BN2O3. The molecule has 4 aromatic carbocycles. The maximum absolute atomic E-state index is 13.1. The third-order valence-corrected chi connectivity index (χ3v) is 7.84. The van der Waals surface area contributed by atoms with Gasteiger partial charge >= 0.3 is 5.97 Å². The summed E-state index contributed by atoms with van der Waals surface area (Å²) in [5.41, 5.74) is 8.64. The number of nitrogens with one attached hydrogen (secondary N) is 1. The number of benzene rings is 4. The summed E-state index contributed by atoms with van der Waals surface area (Å²) in [6, 6.07) is 29.2. The molecular weight excluding hydrogens is 531 g/mol. The lowest BCUT2D eigenvalue weighted by Crippen LogP contribution is -2.26. The Labute approximate surface area is 255 Å². The highest BCUT2D eigenvalue weighted by Crippen LogP contribution is 2.29. The Hall–Kier alpha value is -4.58. The predicted molar refractivity (Wildman–Crippen MR) is 175 cm³/mol. The van der Waals surface area contributed by atoms with Crippen molar-refractivity contribution >= 4 is 36.1 Å². The van der Waals surface area contributed by atoms with E-state index in [2.05, 4.69) is 48.0 Å². The Morgan fingerprint density at radius 3 is 2.26 bits per heavy atom. The number of hydrogen-bond donors (Lipinski definition) is 1. The smallest absolute Gasteiger partial charge is 0.339 e. The van der Waals surface area contributed by atoms with Crippen molar-refractivity contribution in [2.45, 2.75) is 59.7 Å². The summed E-state index contributed by atoms with van der Waals surface area (Å²) in [7, 11) is 5.81. The van der Waals surface area contributed by atoms with Crippen LogP contribution in [0, 0.1) is 13.8 Å². The van der Waals surface area contributed by atoms with Crippen molar-refractivity contribution < 1.29 is 14.3 Å². The number of aryl methyl sites for hydroxylation is 1. The van der Waals surface area contributed by atoms with Crippen LogP contribution in [0.4, 0.5) is 0 Å². The van der Waals surface area contributed by atoms with Crippen molar-refractivity contribution in [3.63, 3.8) is 0 Å². The highest BCUT2D eigenvalue weighted by Gasteiger charge is 2.21. The molecule has 0 saturated carbocycles. The number of carbonyl (C=O) groups excluding carboxylic acids is 2. The fraction of sp³-hybridized carbons (Fsp3) is 0.243. The third kappa shape index (κ3) is 6.59. The molecule has 0 aliphatic heterocycles. The van der Waals surface area contributed by atoms with Crippen LogP contribution in [-0.2, 0) is 11.3 Å². The third-order valence-electron chi connectivity index (χ3n) is 7.84. The highest BCUT2D eigenvalue weighted by atomic mass is 16.6. The molecule has 2 radical (unpaired) electrons. The molecule has 0 saturated heterocycles. The van der Waals surface area contributed by atoms with Gasteiger partial charge in [-0.2, -0.15) is 0 Å². The van der Waals surface area contributed by atoms with Crippen LogP contribution < -0.4 is 10.8 Å². The van der Waals surface area contributed by atoms with Crippen molar-refractivity contribution in [1.29, 1.82) is 0 Å². The number of amides is 1. The number of carbonyl (C=O) groups is 2. The van der Waals surface area contributed by atoms with E-state index in [0.29, 0.717) is 23.1 Å². The summed E-state index contributed by atoms with van der Waals surface area (Å²) in [5.74, 6) is -0.442. The molecule has 0 bridgehead atoms. The molecule has 0 aliphatic rings. The predicted octanol–water partition coefficient (Wildman–Crippen LogP) is 7.21. The van der Waals surface area contributed by atoms with Crippen LogP contribution in [0.1, 0.15) is 76.8 Å². The van der Waals surface area contributed by atoms with Crippen LogP contribution in [0.2, 0.25) is 0 Å². The van der Waals surface area contributed by atoms with Gasteiger partial charge in [-0.15, -0.1) is 0 Å². The van der Waals surface area contributed by atoms with E-state index in [1.165, 1.54) is 0 Å². The second kappa shape index (κ2) is 12.0. The van der Waals surface area contributed by atoms with E-state index in [1.54, 1.807) is 0 Å². The first-order valence-corrected chi connectivity index (χ1v) is 14.6. The van der Waals surface area contributed by atoms with E-state index in [-0.39, 0.29) is 17.9 Å². The normalized spacial score (nSPS) is 12.2. The molecule has 1 aromatic heterocycles. The van der Waals surface area contributed by atoms with Crippen LogP contribution in [0.15, 0.2) is 91.0 Å². The lowest BCUT2D eigenvalue weighted by molar-refractivity contribution is 0.00703. The van der Waals surface area contributed by atoms with Crippen LogP contribution in [0.5, 0.6) is 0 Å². The lowest BCUT2D eigenvalue weighted by atomic mass is 9.94. The minimum Gasteiger partial charge on any atom is -0.456 e. The topological polar surface area (TPSA) is 60.3 Å². The quantitative estimate of drug-likeness (QED) is 0.167. The van der Waals surface area contributed by atoms with Gasteiger partial charge in [-0.25, -0.2) is 4.79 Å². The molecule has 1 atom stereocenters. The molecule has 43 heavy (non-hydrogen) atoms. The molecule has 216 valence electrons. The van der Waals surface area contributed by atoms with E-state index in [1.807, 2.05) is 94.4 Å². The van der Waals surface area contributed by atoms with Crippen LogP contribution >= 0.6 is 0 Å². The molecule has 0 fully saturated rings. The monoisotopic (exact) mass is 568 g/mol. The molecule has 1 N–H and O–H groups in total. The molecule has 6 heteroatoms. The van der Waals surface area contributed by atoms with Crippen LogP contribution in [0.3, 0.4) is 0 Å².